The van der Waals surface area contributed by atoms with Crippen LogP contribution in [-0.4, -0.2) is 46.3 Å². The highest BCUT2D eigenvalue weighted by molar-refractivity contribution is 6.04. The maximum absolute atomic E-state index is 13.2. The van der Waals surface area contributed by atoms with Gasteiger partial charge in [-0.1, -0.05) is 36.4 Å². The van der Waals surface area contributed by atoms with Gasteiger partial charge in [-0.3, -0.25) is 9.78 Å². The van der Waals surface area contributed by atoms with Gasteiger partial charge in [0, 0.05) is 35.9 Å². The van der Waals surface area contributed by atoms with Gasteiger partial charge in [-0.15, -0.1) is 0 Å². The third-order valence-electron chi connectivity index (χ3n) is 5.83. The lowest BCUT2D eigenvalue weighted by Gasteiger charge is -2.34. The highest BCUT2D eigenvalue weighted by Gasteiger charge is 2.39. The molecule has 2 aliphatic heterocycles. The lowest BCUT2D eigenvalue weighted by molar-refractivity contribution is -0.0528. The quantitative estimate of drug-likeness (QED) is 0.766. The number of carbonyl (C=O) groups is 1. The van der Waals surface area contributed by atoms with Crippen LogP contribution in [0.1, 0.15) is 33.5 Å². The summed E-state index contributed by atoms with van der Waals surface area (Å²) in [6.45, 7) is 1.39. The minimum absolute atomic E-state index is 0.0357. The summed E-state index contributed by atoms with van der Waals surface area (Å²) in [4.78, 5) is 19.6. The molecule has 1 N–H and O–H groups in total. The summed E-state index contributed by atoms with van der Waals surface area (Å²) in [6, 6.07) is 16.0. The molecule has 1 amide bonds. The zero-order valence-electron chi connectivity index (χ0n) is 15.5. The fourth-order valence-corrected chi connectivity index (χ4v) is 4.36. The van der Waals surface area contributed by atoms with Gasteiger partial charge < -0.3 is 14.7 Å². The summed E-state index contributed by atoms with van der Waals surface area (Å²) in [6.07, 6.45) is 2.54. The first-order valence-electron chi connectivity index (χ1n) is 9.72. The first-order valence-corrected chi connectivity index (χ1v) is 9.72. The number of nitrogens with zero attached hydrogens (tertiary/aromatic N) is 2. The van der Waals surface area contributed by atoms with Crippen molar-refractivity contribution in [3.8, 4) is 0 Å². The number of rotatable bonds is 3. The monoisotopic (exact) mass is 374 g/mol. The summed E-state index contributed by atoms with van der Waals surface area (Å²) in [7, 11) is 0. The number of benzene rings is 2. The molecule has 0 aliphatic carbocycles. The van der Waals surface area contributed by atoms with E-state index in [2.05, 4.69) is 23.2 Å². The third-order valence-corrected chi connectivity index (χ3v) is 5.83. The number of aliphatic hydroxyl groups excluding tert-OH is 1. The maximum atomic E-state index is 13.2. The first kappa shape index (κ1) is 17.3. The van der Waals surface area contributed by atoms with E-state index < -0.39 is 6.10 Å². The first-order chi connectivity index (χ1) is 13.7. The number of aliphatic hydroxyl groups is 1. The molecular weight excluding hydrogens is 352 g/mol. The van der Waals surface area contributed by atoms with E-state index in [-0.39, 0.29) is 11.9 Å². The Kier molecular flexibility index (Phi) is 4.34. The standard InChI is InChI=1S/C23H22N2O3/c26-21-8-10-28-14-20(21)25-13-19-18(23(25)27)12-16(11-15-5-2-1-3-6-15)17-7-4-9-24-22(17)19/h1-7,9,12,20-21,26H,8,10-11,13-14H2. The predicted octanol–water partition coefficient (Wildman–Crippen LogP) is 2.93. The fraction of sp³-hybridized carbons (Fsp3) is 0.304. The Bertz CT molecular complexity index is 1030. The molecular formula is C23H22N2O3. The summed E-state index contributed by atoms with van der Waals surface area (Å²) >= 11 is 0. The molecule has 0 spiro atoms. The molecule has 2 atom stereocenters. The maximum Gasteiger partial charge on any atom is 0.255 e. The number of amides is 1. The minimum Gasteiger partial charge on any atom is -0.391 e. The van der Waals surface area contributed by atoms with Crippen molar-refractivity contribution in [2.24, 2.45) is 0 Å². The Morgan fingerprint density at radius 1 is 1.18 bits per heavy atom. The number of hydrogen-bond acceptors (Lipinski definition) is 4. The molecule has 5 heteroatoms. The van der Waals surface area contributed by atoms with Gasteiger partial charge in [0.15, 0.2) is 0 Å². The summed E-state index contributed by atoms with van der Waals surface area (Å²) in [5, 5.41) is 11.5. The molecule has 1 fully saturated rings. The molecule has 2 aromatic carbocycles. The predicted molar refractivity (Wildman–Crippen MR) is 106 cm³/mol. The Morgan fingerprint density at radius 3 is 2.86 bits per heavy atom. The molecule has 5 nitrogen and oxygen atoms in total. The SMILES string of the molecule is O=C1c2cc(Cc3ccccc3)c3cccnc3c2CN1C1COCCC1O. The van der Waals surface area contributed by atoms with Crippen molar-refractivity contribution in [2.45, 2.75) is 31.5 Å². The molecule has 3 heterocycles. The third kappa shape index (κ3) is 2.87. The number of carbonyl (C=O) groups excluding carboxylic acids is 1. The van der Waals surface area contributed by atoms with E-state index in [0.717, 1.165) is 28.5 Å². The van der Waals surface area contributed by atoms with Crippen molar-refractivity contribution >= 4 is 16.8 Å². The van der Waals surface area contributed by atoms with Crippen molar-refractivity contribution in [2.75, 3.05) is 13.2 Å². The van der Waals surface area contributed by atoms with Gasteiger partial charge in [0.25, 0.3) is 5.91 Å². The Hall–Kier alpha value is -2.76. The van der Waals surface area contributed by atoms with Crippen molar-refractivity contribution in [1.29, 1.82) is 0 Å². The number of aromatic nitrogens is 1. The number of hydrogen-bond donors (Lipinski definition) is 1. The van der Waals surface area contributed by atoms with E-state index in [9.17, 15) is 9.90 Å². The molecule has 142 valence electrons. The average molecular weight is 374 g/mol. The second-order valence-electron chi connectivity index (χ2n) is 7.56. The van der Waals surface area contributed by atoms with Crippen LogP contribution in [0.4, 0.5) is 0 Å². The van der Waals surface area contributed by atoms with Gasteiger partial charge in [-0.05, 0) is 36.1 Å². The summed E-state index contributed by atoms with van der Waals surface area (Å²) in [5.74, 6) is -0.0357. The number of ether oxygens (including phenoxy) is 1. The van der Waals surface area contributed by atoms with E-state index in [0.29, 0.717) is 31.7 Å². The Labute approximate surface area is 163 Å². The molecule has 0 saturated carbocycles. The highest BCUT2D eigenvalue weighted by Crippen LogP contribution is 2.34. The van der Waals surface area contributed by atoms with Gasteiger partial charge >= 0.3 is 0 Å². The van der Waals surface area contributed by atoms with E-state index in [1.807, 2.05) is 30.3 Å². The van der Waals surface area contributed by atoms with Crippen LogP contribution in [0.5, 0.6) is 0 Å². The molecule has 2 aliphatic rings. The zero-order valence-corrected chi connectivity index (χ0v) is 15.5. The largest absolute Gasteiger partial charge is 0.391 e. The molecule has 28 heavy (non-hydrogen) atoms. The molecule has 0 radical (unpaired) electrons. The van der Waals surface area contributed by atoms with Crippen molar-refractivity contribution in [3.63, 3.8) is 0 Å². The second kappa shape index (κ2) is 7.00. The molecule has 1 aromatic heterocycles. The van der Waals surface area contributed by atoms with Gasteiger partial charge in [0.2, 0.25) is 0 Å². The average Bonchev–Trinajstić information content (AvgIpc) is 3.06. The summed E-state index contributed by atoms with van der Waals surface area (Å²) < 4.78 is 5.53. The van der Waals surface area contributed by atoms with E-state index in [1.54, 1.807) is 11.1 Å². The van der Waals surface area contributed by atoms with E-state index in [1.165, 1.54) is 5.56 Å². The van der Waals surface area contributed by atoms with Crippen LogP contribution >= 0.6 is 0 Å². The van der Waals surface area contributed by atoms with Crippen LogP contribution in [0, 0.1) is 0 Å². The van der Waals surface area contributed by atoms with Gasteiger partial charge in [0.05, 0.1) is 24.3 Å². The zero-order chi connectivity index (χ0) is 19.1. The van der Waals surface area contributed by atoms with Crippen molar-refractivity contribution in [1.82, 2.24) is 9.88 Å². The highest BCUT2D eigenvalue weighted by atomic mass is 16.5. The van der Waals surface area contributed by atoms with Crippen LogP contribution in [0.3, 0.4) is 0 Å². The smallest absolute Gasteiger partial charge is 0.255 e. The summed E-state index contributed by atoms with van der Waals surface area (Å²) in [5.41, 5.74) is 4.84. The van der Waals surface area contributed by atoms with Crippen LogP contribution in [0.25, 0.3) is 10.9 Å². The Balaban J connectivity index is 1.58. The van der Waals surface area contributed by atoms with Gasteiger partial charge in [-0.25, -0.2) is 0 Å². The molecule has 5 rings (SSSR count). The normalized spacial score (nSPS) is 21.9. The van der Waals surface area contributed by atoms with Gasteiger partial charge in [-0.2, -0.15) is 0 Å². The lowest BCUT2D eigenvalue weighted by Crippen LogP contribution is -2.49. The number of pyridine rings is 1. The van der Waals surface area contributed by atoms with Crippen molar-refractivity contribution in [3.05, 3.63) is 77.0 Å². The van der Waals surface area contributed by atoms with Crippen LogP contribution in [0.2, 0.25) is 0 Å². The van der Waals surface area contributed by atoms with Crippen LogP contribution in [-0.2, 0) is 17.7 Å². The molecule has 3 aromatic rings. The number of fused-ring (bicyclic) bond motifs is 3. The molecule has 1 saturated heterocycles. The van der Waals surface area contributed by atoms with E-state index in [4.69, 9.17) is 4.74 Å². The minimum atomic E-state index is -0.546. The molecule has 0 bridgehead atoms. The van der Waals surface area contributed by atoms with Crippen molar-refractivity contribution < 1.29 is 14.6 Å². The topological polar surface area (TPSA) is 62.7 Å². The Morgan fingerprint density at radius 2 is 2.04 bits per heavy atom. The van der Waals surface area contributed by atoms with Gasteiger partial charge in [0.1, 0.15) is 0 Å². The lowest BCUT2D eigenvalue weighted by atomic mass is 9.95. The fourth-order valence-electron chi connectivity index (χ4n) is 4.36. The molecule has 2 unspecified atom stereocenters. The van der Waals surface area contributed by atoms with Crippen LogP contribution < -0.4 is 0 Å². The second-order valence-corrected chi connectivity index (χ2v) is 7.56. The van der Waals surface area contributed by atoms with E-state index >= 15 is 0 Å². The van der Waals surface area contributed by atoms with Crippen LogP contribution in [0.15, 0.2) is 54.7 Å².